The van der Waals surface area contributed by atoms with Crippen LogP contribution in [0.2, 0.25) is 0 Å². The highest BCUT2D eigenvalue weighted by atomic mass is 15.6. The van der Waals surface area contributed by atoms with E-state index in [0.717, 1.165) is 6.42 Å². The Morgan fingerprint density at radius 2 is 1.95 bits per heavy atom. The number of benzene rings is 1. The lowest BCUT2D eigenvalue weighted by atomic mass is 9.79. The molecule has 1 heterocycles. The summed E-state index contributed by atoms with van der Waals surface area (Å²) >= 11 is 0. The van der Waals surface area contributed by atoms with Gasteiger partial charge in [0.2, 0.25) is 0 Å². The van der Waals surface area contributed by atoms with Gasteiger partial charge in [0.25, 0.3) is 0 Å². The largest absolute Gasteiger partial charge is 0.327 e. The Hall–Kier alpha value is -1.75. The van der Waals surface area contributed by atoms with Crippen LogP contribution in [0.1, 0.15) is 37.6 Å². The SMILES string of the molecule is CCC(C)C(c1ccccc1)C(N)Cc1nnn(C)n1. The second-order valence-corrected chi connectivity index (χ2v) is 5.39. The van der Waals surface area contributed by atoms with Crippen molar-refractivity contribution in [3.63, 3.8) is 0 Å². The molecule has 0 saturated heterocycles. The van der Waals surface area contributed by atoms with Gasteiger partial charge in [0.1, 0.15) is 0 Å². The second kappa shape index (κ2) is 6.61. The Labute approximate surface area is 120 Å². The van der Waals surface area contributed by atoms with E-state index >= 15 is 0 Å². The normalized spacial score (nSPS) is 15.8. The molecule has 1 aromatic carbocycles. The highest BCUT2D eigenvalue weighted by molar-refractivity contribution is 5.22. The van der Waals surface area contributed by atoms with Gasteiger partial charge < -0.3 is 5.73 Å². The number of rotatable bonds is 6. The van der Waals surface area contributed by atoms with Crippen LogP contribution in [-0.2, 0) is 13.5 Å². The van der Waals surface area contributed by atoms with Gasteiger partial charge in [0.15, 0.2) is 5.82 Å². The minimum atomic E-state index is -0.00319. The molecule has 0 aliphatic heterocycles. The third-order valence-corrected chi connectivity index (χ3v) is 3.87. The molecule has 0 radical (unpaired) electrons. The average molecular weight is 273 g/mol. The summed E-state index contributed by atoms with van der Waals surface area (Å²) in [6, 6.07) is 10.5. The molecule has 20 heavy (non-hydrogen) atoms. The van der Waals surface area contributed by atoms with Gasteiger partial charge in [-0.3, -0.25) is 0 Å². The molecule has 5 heteroatoms. The molecule has 0 spiro atoms. The molecule has 1 aromatic heterocycles. The fourth-order valence-corrected chi connectivity index (χ4v) is 2.67. The van der Waals surface area contributed by atoms with E-state index < -0.39 is 0 Å². The fraction of sp³-hybridized carbons (Fsp3) is 0.533. The predicted octanol–water partition coefficient (Wildman–Crippen LogP) is 1.91. The molecule has 0 saturated carbocycles. The van der Waals surface area contributed by atoms with E-state index in [2.05, 4.69) is 53.5 Å². The lowest BCUT2D eigenvalue weighted by molar-refractivity contribution is 0.376. The molecule has 2 aromatic rings. The number of tetrazole rings is 1. The van der Waals surface area contributed by atoms with Gasteiger partial charge in [-0.1, -0.05) is 50.6 Å². The van der Waals surface area contributed by atoms with Gasteiger partial charge in [-0.2, -0.15) is 4.80 Å². The first kappa shape index (κ1) is 14.7. The lowest BCUT2D eigenvalue weighted by Crippen LogP contribution is -2.34. The monoisotopic (exact) mass is 273 g/mol. The third-order valence-electron chi connectivity index (χ3n) is 3.87. The van der Waals surface area contributed by atoms with Crippen molar-refractivity contribution in [2.75, 3.05) is 0 Å². The van der Waals surface area contributed by atoms with Gasteiger partial charge in [0, 0.05) is 18.4 Å². The van der Waals surface area contributed by atoms with Crippen LogP contribution >= 0.6 is 0 Å². The average Bonchev–Trinajstić information content (AvgIpc) is 2.85. The first-order chi connectivity index (χ1) is 9.61. The Bertz CT molecular complexity index is 522. The standard InChI is InChI=1S/C15H23N5/c1-4-11(2)15(12-8-6-5-7-9-12)13(16)10-14-17-19-20(3)18-14/h5-9,11,13,15H,4,10,16H2,1-3H3. The third kappa shape index (κ3) is 3.42. The topological polar surface area (TPSA) is 69.6 Å². The van der Waals surface area contributed by atoms with Gasteiger partial charge in [-0.05, 0) is 16.7 Å². The van der Waals surface area contributed by atoms with E-state index in [0.29, 0.717) is 24.1 Å². The number of hydrogen-bond donors (Lipinski definition) is 1. The van der Waals surface area contributed by atoms with Crippen molar-refractivity contribution in [3.8, 4) is 0 Å². The number of nitrogens with zero attached hydrogens (tertiary/aromatic N) is 4. The molecule has 108 valence electrons. The minimum Gasteiger partial charge on any atom is -0.327 e. The van der Waals surface area contributed by atoms with Crippen LogP contribution in [-0.4, -0.2) is 26.2 Å². The molecular weight excluding hydrogens is 250 g/mol. The van der Waals surface area contributed by atoms with Crippen molar-refractivity contribution < 1.29 is 0 Å². The molecule has 5 nitrogen and oxygen atoms in total. The van der Waals surface area contributed by atoms with Gasteiger partial charge >= 0.3 is 0 Å². The van der Waals surface area contributed by atoms with Crippen LogP contribution in [0.4, 0.5) is 0 Å². The summed E-state index contributed by atoms with van der Waals surface area (Å²) in [5, 5.41) is 12.1. The summed E-state index contributed by atoms with van der Waals surface area (Å²) in [6.07, 6.45) is 1.75. The van der Waals surface area contributed by atoms with Crippen molar-refractivity contribution in [1.29, 1.82) is 0 Å². The number of aryl methyl sites for hydroxylation is 1. The van der Waals surface area contributed by atoms with Crippen molar-refractivity contribution in [2.45, 2.75) is 38.6 Å². The van der Waals surface area contributed by atoms with E-state index in [9.17, 15) is 0 Å². The zero-order valence-electron chi connectivity index (χ0n) is 12.4. The molecule has 3 unspecified atom stereocenters. The molecule has 0 amide bonds. The van der Waals surface area contributed by atoms with E-state index in [1.54, 1.807) is 7.05 Å². The summed E-state index contributed by atoms with van der Waals surface area (Å²) in [7, 11) is 1.77. The molecule has 0 aliphatic carbocycles. The lowest BCUT2D eigenvalue weighted by Gasteiger charge is -2.28. The molecule has 0 bridgehead atoms. The predicted molar refractivity (Wildman–Crippen MR) is 79.1 cm³/mol. The van der Waals surface area contributed by atoms with Crippen molar-refractivity contribution in [2.24, 2.45) is 18.7 Å². The Morgan fingerprint density at radius 1 is 1.25 bits per heavy atom. The van der Waals surface area contributed by atoms with Gasteiger partial charge in [0.05, 0.1) is 7.05 Å². The maximum absolute atomic E-state index is 6.45. The molecule has 2 rings (SSSR count). The highest BCUT2D eigenvalue weighted by Gasteiger charge is 2.26. The summed E-state index contributed by atoms with van der Waals surface area (Å²) < 4.78 is 0. The minimum absolute atomic E-state index is 0.00319. The van der Waals surface area contributed by atoms with E-state index in [-0.39, 0.29) is 6.04 Å². The summed E-state index contributed by atoms with van der Waals surface area (Å²) in [5.41, 5.74) is 7.74. The maximum atomic E-state index is 6.45. The van der Waals surface area contributed by atoms with Crippen molar-refractivity contribution in [3.05, 3.63) is 41.7 Å². The van der Waals surface area contributed by atoms with E-state index in [4.69, 9.17) is 5.73 Å². The summed E-state index contributed by atoms with van der Waals surface area (Å²) in [6.45, 7) is 4.45. The highest BCUT2D eigenvalue weighted by Crippen LogP contribution is 2.30. The smallest absolute Gasteiger partial charge is 0.176 e. The van der Waals surface area contributed by atoms with Crippen LogP contribution in [0, 0.1) is 5.92 Å². The quantitative estimate of drug-likeness (QED) is 0.873. The Kier molecular flexibility index (Phi) is 4.84. The Balaban J connectivity index is 2.18. The zero-order valence-corrected chi connectivity index (χ0v) is 12.4. The first-order valence-electron chi connectivity index (χ1n) is 7.15. The summed E-state index contributed by atoms with van der Waals surface area (Å²) in [4.78, 5) is 1.48. The molecule has 3 atom stereocenters. The van der Waals surface area contributed by atoms with Gasteiger partial charge in [-0.15, -0.1) is 10.2 Å². The number of hydrogen-bond acceptors (Lipinski definition) is 4. The maximum Gasteiger partial charge on any atom is 0.176 e. The Morgan fingerprint density at radius 3 is 2.50 bits per heavy atom. The van der Waals surface area contributed by atoms with Crippen LogP contribution in [0.3, 0.4) is 0 Å². The van der Waals surface area contributed by atoms with Gasteiger partial charge in [-0.25, -0.2) is 0 Å². The number of nitrogens with two attached hydrogens (primary N) is 1. The molecule has 0 aliphatic rings. The van der Waals surface area contributed by atoms with E-state index in [1.165, 1.54) is 10.4 Å². The van der Waals surface area contributed by atoms with Crippen LogP contribution in [0.5, 0.6) is 0 Å². The van der Waals surface area contributed by atoms with Crippen molar-refractivity contribution >= 4 is 0 Å². The molecular formula is C15H23N5. The zero-order chi connectivity index (χ0) is 14.5. The van der Waals surface area contributed by atoms with Crippen LogP contribution < -0.4 is 5.73 Å². The molecule has 0 fully saturated rings. The van der Waals surface area contributed by atoms with Crippen molar-refractivity contribution in [1.82, 2.24) is 20.2 Å². The first-order valence-corrected chi connectivity index (χ1v) is 7.15. The number of aromatic nitrogens is 4. The summed E-state index contributed by atoms with van der Waals surface area (Å²) in [5.74, 6) is 1.54. The second-order valence-electron chi connectivity index (χ2n) is 5.39. The molecule has 2 N–H and O–H groups in total. The van der Waals surface area contributed by atoms with Crippen LogP contribution in [0.15, 0.2) is 30.3 Å². The van der Waals surface area contributed by atoms with Crippen LogP contribution in [0.25, 0.3) is 0 Å². The fourth-order valence-electron chi connectivity index (χ4n) is 2.67. The van der Waals surface area contributed by atoms with E-state index in [1.807, 2.05) is 6.07 Å².